The van der Waals surface area contributed by atoms with Gasteiger partial charge in [-0.25, -0.2) is 0 Å². The van der Waals surface area contributed by atoms with Gasteiger partial charge in [0, 0.05) is 19.3 Å². The fourth-order valence-electron chi connectivity index (χ4n) is 6.99. The molecule has 0 aliphatic rings. The highest BCUT2D eigenvalue weighted by atomic mass is 16.6. The van der Waals surface area contributed by atoms with Crippen LogP contribution in [0.2, 0.25) is 0 Å². The number of allylic oxidation sites excluding steroid dienone is 14. The van der Waals surface area contributed by atoms with E-state index in [1.54, 1.807) is 0 Å². The summed E-state index contributed by atoms with van der Waals surface area (Å²) in [6, 6.07) is 0. The second-order valence-corrected chi connectivity index (χ2v) is 17.1. The third-order valence-electron chi connectivity index (χ3n) is 10.9. The van der Waals surface area contributed by atoms with Gasteiger partial charge in [0.2, 0.25) is 0 Å². The molecule has 0 N–H and O–H groups in total. The van der Waals surface area contributed by atoms with Crippen LogP contribution in [-0.4, -0.2) is 37.2 Å². The van der Waals surface area contributed by atoms with Crippen LogP contribution in [0.25, 0.3) is 0 Å². The Balaban J connectivity index is 4.49. The van der Waals surface area contributed by atoms with Crippen LogP contribution in [0.15, 0.2) is 85.1 Å². The predicted molar refractivity (Wildman–Crippen MR) is 270 cm³/mol. The van der Waals surface area contributed by atoms with Crippen molar-refractivity contribution in [3.63, 3.8) is 0 Å². The Morgan fingerprint density at radius 1 is 0.333 bits per heavy atom. The zero-order valence-corrected chi connectivity index (χ0v) is 41.1. The minimum absolute atomic E-state index is 0.102. The Bertz CT molecular complexity index is 1240. The van der Waals surface area contributed by atoms with Crippen LogP contribution in [0, 0.1) is 0 Å². The maximum Gasteiger partial charge on any atom is 0.306 e. The highest BCUT2D eigenvalue weighted by Crippen LogP contribution is 2.14. The molecular weight excluding hydrogens is 781 g/mol. The smallest absolute Gasteiger partial charge is 0.306 e. The number of hydrogen-bond donors (Lipinski definition) is 0. The first kappa shape index (κ1) is 59.6. The van der Waals surface area contributed by atoms with E-state index in [2.05, 4.69) is 99.8 Å². The van der Waals surface area contributed by atoms with E-state index in [4.69, 9.17) is 14.2 Å². The molecule has 0 aliphatic heterocycles. The molecule has 0 heterocycles. The van der Waals surface area contributed by atoms with Gasteiger partial charge in [-0.1, -0.05) is 221 Å². The first-order valence-electron chi connectivity index (χ1n) is 26.1. The van der Waals surface area contributed by atoms with Gasteiger partial charge in [-0.2, -0.15) is 0 Å². The molecule has 360 valence electrons. The van der Waals surface area contributed by atoms with E-state index in [0.717, 1.165) is 89.9 Å². The molecule has 0 fully saturated rings. The molecule has 0 rings (SSSR count). The number of hydrogen-bond acceptors (Lipinski definition) is 6. The number of ether oxygens (including phenoxy) is 3. The standard InChI is InChI=1S/C57H96O6/c1-4-7-10-13-16-19-22-24-26-27-28-29-31-32-35-38-41-44-47-50-56(59)62-53-54(52-61-55(58)49-46-43-40-37-34-21-18-15-12-9-6-3)63-57(60)51-48-45-42-39-36-33-30-25-23-20-17-14-11-8-5-2/h7,10,16,19,24-26,28-30,32,35,41,44,54H,4-6,8-9,11-15,17-18,20-23,27,31,33-34,36-40,42-43,45-53H2,1-3H3/b10-7-,19-16-,26-24-,29-28-,30-25-,35-32-,44-41-. The Labute approximate surface area is 388 Å². The fourth-order valence-corrected chi connectivity index (χ4v) is 6.99. The van der Waals surface area contributed by atoms with Crippen LogP contribution in [0.1, 0.15) is 239 Å². The molecule has 0 amide bonds. The molecule has 6 nitrogen and oxygen atoms in total. The second kappa shape index (κ2) is 51.2. The summed E-state index contributed by atoms with van der Waals surface area (Å²) >= 11 is 0. The second-order valence-electron chi connectivity index (χ2n) is 17.1. The van der Waals surface area contributed by atoms with Gasteiger partial charge in [0.15, 0.2) is 6.10 Å². The summed E-state index contributed by atoms with van der Waals surface area (Å²) < 4.78 is 16.7. The largest absolute Gasteiger partial charge is 0.462 e. The fraction of sp³-hybridized carbons (Fsp3) is 0.702. The van der Waals surface area contributed by atoms with Gasteiger partial charge in [0.1, 0.15) is 13.2 Å². The van der Waals surface area contributed by atoms with Crippen molar-refractivity contribution in [2.24, 2.45) is 0 Å². The molecule has 0 radical (unpaired) electrons. The van der Waals surface area contributed by atoms with Crippen LogP contribution in [-0.2, 0) is 28.6 Å². The quantitative estimate of drug-likeness (QED) is 0.0262. The number of carbonyl (C=O) groups is 3. The molecule has 1 unspecified atom stereocenters. The van der Waals surface area contributed by atoms with Crippen molar-refractivity contribution in [3.8, 4) is 0 Å². The normalized spacial score (nSPS) is 12.7. The van der Waals surface area contributed by atoms with E-state index in [0.29, 0.717) is 19.3 Å². The molecule has 0 aromatic carbocycles. The molecule has 0 aromatic heterocycles. The maximum absolute atomic E-state index is 12.8. The first-order valence-corrected chi connectivity index (χ1v) is 26.1. The monoisotopic (exact) mass is 877 g/mol. The molecule has 0 aliphatic carbocycles. The van der Waals surface area contributed by atoms with Crippen molar-refractivity contribution in [3.05, 3.63) is 85.1 Å². The summed E-state index contributed by atoms with van der Waals surface area (Å²) in [5.74, 6) is -0.999. The summed E-state index contributed by atoms with van der Waals surface area (Å²) in [6.45, 7) is 6.44. The molecule has 0 spiro atoms. The highest BCUT2D eigenvalue weighted by molar-refractivity contribution is 5.71. The summed E-state index contributed by atoms with van der Waals surface area (Å²) in [7, 11) is 0. The Hall–Kier alpha value is -3.41. The van der Waals surface area contributed by atoms with E-state index in [1.165, 1.54) is 103 Å². The summed E-state index contributed by atoms with van der Waals surface area (Å²) in [5.41, 5.74) is 0. The van der Waals surface area contributed by atoms with Crippen molar-refractivity contribution >= 4 is 17.9 Å². The average molecular weight is 877 g/mol. The number of rotatable bonds is 46. The van der Waals surface area contributed by atoms with Crippen LogP contribution in [0.5, 0.6) is 0 Å². The van der Waals surface area contributed by atoms with Crippen molar-refractivity contribution in [1.29, 1.82) is 0 Å². The van der Waals surface area contributed by atoms with Crippen molar-refractivity contribution in [2.45, 2.75) is 245 Å². The number of esters is 3. The predicted octanol–water partition coefficient (Wildman–Crippen LogP) is 17.2. The molecule has 1 atom stereocenters. The van der Waals surface area contributed by atoms with Crippen molar-refractivity contribution in [1.82, 2.24) is 0 Å². The molecule has 63 heavy (non-hydrogen) atoms. The lowest BCUT2D eigenvalue weighted by Gasteiger charge is -2.18. The minimum Gasteiger partial charge on any atom is -0.462 e. The first-order chi connectivity index (χ1) is 31.0. The number of unbranched alkanes of at least 4 members (excludes halogenated alkanes) is 21. The van der Waals surface area contributed by atoms with Gasteiger partial charge in [0.25, 0.3) is 0 Å². The lowest BCUT2D eigenvalue weighted by atomic mass is 10.1. The maximum atomic E-state index is 12.8. The topological polar surface area (TPSA) is 78.9 Å². The van der Waals surface area contributed by atoms with Crippen LogP contribution in [0.3, 0.4) is 0 Å². The van der Waals surface area contributed by atoms with E-state index >= 15 is 0 Å². The van der Waals surface area contributed by atoms with Crippen molar-refractivity contribution < 1.29 is 28.6 Å². The van der Waals surface area contributed by atoms with Gasteiger partial charge < -0.3 is 14.2 Å². The zero-order chi connectivity index (χ0) is 45.8. The molecule has 0 saturated heterocycles. The lowest BCUT2D eigenvalue weighted by molar-refractivity contribution is -0.166. The number of carbonyl (C=O) groups excluding carboxylic acids is 3. The minimum atomic E-state index is -0.809. The van der Waals surface area contributed by atoms with Gasteiger partial charge in [-0.3, -0.25) is 14.4 Å². The molecule has 0 saturated carbocycles. The van der Waals surface area contributed by atoms with E-state index in [1.807, 2.05) is 6.08 Å². The molecule has 0 aromatic rings. The average Bonchev–Trinajstić information content (AvgIpc) is 3.28. The summed E-state index contributed by atoms with van der Waals surface area (Å²) in [5, 5.41) is 0. The zero-order valence-electron chi connectivity index (χ0n) is 41.1. The lowest BCUT2D eigenvalue weighted by Crippen LogP contribution is -2.30. The Morgan fingerprint density at radius 2 is 0.651 bits per heavy atom. The third-order valence-corrected chi connectivity index (χ3v) is 10.9. The van der Waals surface area contributed by atoms with Crippen molar-refractivity contribution in [2.75, 3.05) is 13.2 Å². The van der Waals surface area contributed by atoms with Gasteiger partial charge in [0.05, 0.1) is 0 Å². The third kappa shape index (κ3) is 49.5. The van der Waals surface area contributed by atoms with Crippen LogP contribution in [0.4, 0.5) is 0 Å². The summed E-state index contributed by atoms with van der Waals surface area (Å²) in [6.07, 6.45) is 65.8. The van der Waals surface area contributed by atoms with E-state index in [-0.39, 0.29) is 37.5 Å². The summed E-state index contributed by atoms with van der Waals surface area (Å²) in [4.78, 5) is 37.9. The highest BCUT2D eigenvalue weighted by Gasteiger charge is 2.19. The van der Waals surface area contributed by atoms with Gasteiger partial charge >= 0.3 is 17.9 Å². The molecule has 0 bridgehead atoms. The van der Waals surface area contributed by atoms with Gasteiger partial charge in [-0.15, -0.1) is 0 Å². The molecule has 6 heteroatoms. The Kier molecular flexibility index (Phi) is 48.5. The van der Waals surface area contributed by atoms with E-state index < -0.39 is 6.10 Å². The Morgan fingerprint density at radius 3 is 1.06 bits per heavy atom. The van der Waals surface area contributed by atoms with E-state index in [9.17, 15) is 14.4 Å². The van der Waals surface area contributed by atoms with Gasteiger partial charge in [-0.05, 0) is 83.5 Å². The SMILES string of the molecule is CC/C=C\C/C=C\C/C=C\C/C=C\C/C=C\C/C=C\CCC(=O)OCC(COC(=O)CCCCCCCCCCCCC)OC(=O)CCCCCCC/C=C\CCCCCCCC. The van der Waals surface area contributed by atoms with Crippen LogP contribution >= 0.6 is 0 Å². The van der Waals surface area contributed by atoms with Crippen LogP contribution < -0.4 is 0 Å². The molecular formula is C57H96O6.